The second kappa shape index (κ2) is 5.61. The minimum Gasteiger partial charge on any atom is -0.341 e. The topological polar surface area (TPSA) is 54.5 Å². The summed E-state index contributed by atoms with van der Waals surface area (Å²) in [6.45, 7) is 0.603. The van der Waals surface area contributed by atoms with Gasteiger partial charge in [-0.1, -0.05) is 0 Å². The van der Waals surface area contributed by atoms with Crippen LogP contribution < -0.4 is 0 Å². The SMILES string of the molecule is CN(CC1CC1)C(=O)c1cc(S(=O)(=O)Cl)c(F)cc1Br. The van der Waals surface area contributed by atoms with Crippen LogP contribution in [0.3, 0.4) is 0 Å². The smallest absolute Gasteiger partial charge is 0.264 e. The standard InChI is InChI=1S/C12H12BrClFNO3S/c1-16(6-7-2-3-7)12(17)8-4-11(20(14,18)19)10(15)5-9(8)13/h4-5,7H,2-3,6H2,1H3. The Labute approximate surface area is 129 Å². The Morgan fingerprint density at radius 2 is 2.10 bits per heavy atom. The molecule has 0 spiro atoms. The summed E-state index contributed by atoms with van der Waals surface area (Å²) in [5.74, 6) is -0.863. The Bertz CT molecular complexity index is 661. The molecule has 0 aliphatic heterocycles. The Balaban J connectivity index is 2.37. The van der Waals surface area contributed by atoms with Gasteiger partial charge in [-0.05, 0) is 46.8 Å². The summed E-state index contributed by atoms with van der Waals surface area (Å²) in [4.78, 5) is 13.1. The first-order valence-corrected chi connectivity index (χ1v) is 8.99. The molecule has 8 heteroatoms. The van der Waals surface area contributed by atoms with Gasteiger partial charge >= 0.3 is 0 Å². The molecule has 1 aromatic rings. The van der Waals surface area contributed by atoms with Gasteiger partial charge in [0, 0.05) is 28.7 Å². The maximum absolute atomic E-state index is 13.6. The van der Waals surface area contributed by atoms with E-state index in [0.29, 0.717) is 12.5 Å². The lowest BCUT2D eigenvalue weighted by atomic mass is 10.2. The van der Waals surface area contributed by atoms with Gasteiger partial charge in [0.25, 0.3) is 15.0 Å². The molecule has 1 amide bonds. The van der Waals surface area contributed by atoms with Gasteiger partial charge < -0.3 is 4.90 Å². The quantitative estimate of drug-likeness (QED) is 0.750. The predicted molar refractivity (Wildman–Crippen MR) is 76.8 cm³/mol. The van der Waals surface area contributed by atoms with Gasteiger partial charge in [-0.15, -0.1) is 0 Å². The first kappa shape index (κ1) is 15.7. The number of halogens is 3. The summed E-state index contributed by atoms with van der Waals surface area (Å²) in [6, 6.07) is 1.90. The van der Waals surface area contributed by atoms with E-state index in [1.54, 1.807) is 7.05 Å². The third-order valence-corrected chi connectivity index (χ3v) is 5.08. The molecule has 0 unspecified atom stereocenters. The second-order valence-corrected chi connectivity index (χ2v) is 8.22. The number of benzene rings is 1. The summed E-state index contributed by atoms with van der Waals surface area (Å²) < 4.78 is 36.4. The van der Waals surface area contributed by atoms with Crippen LogP contribution in [-0.2, 0) is 9.05 Å². The Morgan fingerprint density at radius 3 is 2.60 bits per heavy atom. The van der Waals surface area contributed by atoms with E-state index in [0.717, 1.165) is 25.0 Å². The van der Waals surface area contributed by atoms with Crippen LogP contribution in [0.4, 0.5) is 4.39 Å². The van der Waals surface area contributed by atoms with Gasteiger partial charge in [0.1, 0.15) is 10.7 Å². The van der Waals surface area contributed by atoms with Crippen molar-refractivity contribution < 1.29 is 17.6 Å². The Hall–Kier alpha value is -0.660. The highest BCUT2D eigenvalue weighted by molar-refractivity contribution is 9.10. The maximum atomic E-state index is 13.6. The van der Waals surface area contributed by atoms with Crippen LogP contribution in [0, 0.1) is 11.7 Å². The lowest BCUT2D eigenvalue weighted by Gasteiger charge is -2.18. The van der Waals surface area contributed by atoms with E-state index in [1.807, 2.05) is 0 Å². The highest BCUT2D eigenvalue weighted by Gasteiger charge is 2.27. The fourth-order valence-electron chi connectivity index (χ4n) is 1.86. The van der Waals surface area contributed by atoms with Gasteiger partial charge in [0.15, 0.2) is 0 Å². The summed E-state index contributed by atoms with van der Waals surface area (Å²) in [7, 11) is 2.55. The maximum Gasteiger partial charge on any atom is 0.264 e. The van der Waals surface area contributed by atoms with Gasteiger partial charge in [-0.3, -0.25) is 4.79 Å². The minimum absolute atomic E-state index is 0.0776. The number of carbonyl (C=O) groups is 1. The highest BCUT2D eigenvalue weighted by Crippen LogP contribution is 2.31. The second-order valence-electron chi connectivity index (χ2n) is 4.83. The molecule has 1 saturated carbocycles. The largest absolute Gasteiger partial charge is 0.341 e. The molecular weight excluding hydrogens is 373 g/mol. The normalized spacial score (nSPS) is 15.2. The summed E-state index contributed by atoms with van der Waals surface area (Å²) >= 11 is 3.07. The predicted octanol–water partition coefficient (Wildman–Crippen LogP) is 3.00. The summed E-state index contributed by atoms with van der Waals surface area (Å²) in [6.07, 6.45) is 2.17. The monoisotopic (exact) mass is 383 g/mol. The first-order valence-electron chi connectivity index (χ1n) is 5.89. The van der Waals surface area contributed by atoms with E-state index in [4.69, 9.17) is 10.7 Å². The molecule has 4 nitrogen and oxygen atoms in total. The van der Waals surface area contributed by atoms with Crippen molar-refractivity contribution in [1.82, 2.24) is 4.90 Å². The number of hydrogen-bond acceptors (Lipinski definition) is 3. The number of hydrogen-bond donors (Lipinski definition) is 0. The lowest BCUT2D eigenvalue weighted by molar-refractivity contribution is 0.0787. The molecule has 1 aromatic carbocycles. The van der Waals surface area contributed by atoms with Gasteiger partial charge in [0.2, 0.25) is 0 Å². The number of amides is 1. The molecule has 0 radical (unpaired) electrons. The molecule has 0 atom stereocenters. The van der Waals surface area contributed by atoms with Crippen LogP contribution in [0.2, 0.25) is 0 Å². The summed E-state index contributed by atoms with van der Waals surface area (Å²) in [5.41, 5.74) is 0.0776. The van der Waals surface area contributed by atoms with Crippen LogP contribution >= 0.6 is 26.6 Å². The van der Waals surface area contributed by atoms with E-state index in [1.165, 1.54) is 4.90 Å². The van der Waals surface area contributed by atoms with Crippen molar-refractivity contribution in [2.75, 3.05) is 13.6 Å². The van der Waals surface area contributed by atoms with Crippen molar-refractivity contribution >= 4 is 41.6 Å². The average Bonchev–Trinajstić information content (AvgIpc) is 3.10. The molecule has 1 aliphatic carbocycles. The third kappa shape index (κ3) is 3.51. The van der Waals surface area contributed by atoms with Crippen LogP contribution in [0.15, 0.2) is 21.5 Å². The molecule has 1 aliphatic rings. The van der Waals surface area contributed by atoms with Crippen molar-refractivity contribution in [3.05, 3.63) is 28.0 Å². The zero-order valence-electron chi connectivity index (χ0n) is 10.6. The summed E-state index contributed by atoms with van der Waals surface area (Å²) in [5, 5.41) is 0. The van der Waals surface area contributed by atoms with Crippen molar-refractivity contribution in [3.63, 3.8) is 0 Å². The third-order valence-electron chi connectivity index (χ3n) is 3.09. The first-order chi connectivity index (χ1) is 9.20. The van der Waals surface area contributed by atoms with E-state index >= 15 is 0 Å². The number of carbonyl (C=O) groups excluding carboxylic acids is 1. The zero-order valence-corrected chi connectivity index (χ0v) is 13.7. The van der Waals surface area contributed by atoms with Crippen LogP contribution in [0.1, 0.15) is 23.2 Å². The van der Waals surface area contributed by atoms with Crippen molar-refractivity contribution in [2.24, 2.45) is 5.92 Å². The number of rotatable bonds is 4. The molecule has 0 bridgehead atoms. The fraction of sp³-hybridized carbons (Fsp3) is 0.417. The van der Waals surface area contributed by atoms with Crippen molar-refractivity contribution in [1.29, 1.82) is 0 Å². The van der Waals surface area contributed by atoms with Crippen molar-refractivity contribution in [3.8, 4) is 0 Å². The number of nitrogens with zero attached hydrogens (tertiary/aromatic N) is 1. The van der Waals surface area contributed by atoms with E-state index in [9.17, 15) is 17.6 Å². The molecule has 0 heterocycles. The molecular formula is C12H12BrClFNO3S. The van der Waals surface area contributed by atoms with Crippen LogP contribution in [0.5, 0.6) is 0 Å². The van der Waals surface area contributed by atoms with E-state index in [-0.39, 0.29) is 15.9 Å². The Morgan fingerprint density at radius 1 is 1.50 bits per heavy atom. The van der Waals surface area contributed by atoms with Crippen molar-refractivity contribution in [2.45, 2.75) is 17.7 Å². The van der Waals surface area contributed by atoms with Gasteiger partial charge in [-0.2, -0.15) is 0 Å². The zero-order chi connectivity index (χ0) is 15.1. The van der Waals surface area contributed by atoms with Crippen LogP contribution in [0.25, 0.3) is 0 Å². The molecule has 110 valence electrons. The van der Waals surface area contributed by atoms with E-state index in [2.05, 4.69) is 15.9 Å². The Kier molecular flexibility index (Phi) is 4.41. The molecule has 0 N–H and O–H groups in total. The van der Waals surface area contributed by atoms with E-state index < -0.39 is 19.8 Å². The lowest BCUT2D eigenvalue weighted by Crippen LogP contribution is -2.29. The molecule has 0 aromatic heterocycles. The van der Waals surface area contributed by atoms with Gasteiger partial charge in [-0.25, -0.2) is 12.8 Å². The van der Waals surface area contributed by atoms with Crippen LogP contribution in [-0.4, -0.2) is 32.8 Å². The molecule has 20 heavy (non-hydrogen) atoms. The molecule has 1 fully saturated rings. The van der Waals surface area contributed by atoms with Gasteiger partial charge in [0.05, 0.1) is 5.56 Å². The average molecular weight is 385 g/mol. The minimum atomic E-state index is -4.24. The highest BCUT2D eigenvalue weighted by atomic mass is 79.9. The fourth-order valence-corrected chi connectivity index (χ4v) is 3.25. The molecule has 0 saturated heterocycles. The molecule has 2 rings (SSSR count).